The molecule has 0 aromatic rings. The fourth-order valence-electron chi connectivity index (χ4n) is 7.13. The number of ether oxygens (including phenoxy) is 3. The zero-order chi connectivity index (χ0) is 23.2. The van der Waals surface area contributed by atoms with Crippen LogP contribution in [0.25, 0.3) is 0 Å². The molecule has 3 unspecified atom stereocenters. The van der Waals surface area contributed by atoms with Gasteiger partial charge in [0.1, 0.15) is 6.79 Å². The standard InChI is InChI=1S/C23H37F3O4S/c1-14-7-9-22-10-8-16(29-6)18(22)21(14,4)17(30-13-28-5)11-20(3,19(27)15(22)2)31-12-23(24,25)26/h14-18H,7-13H2,1-6H3/t14-,15+,16-,17?,18?,20-,21+,22?/m1/s1. The van der Waals surface area contributed by atoms with Crippen molar-refractivity contribution >= 4 is 17.5 Å². The number of carbonyl (C=O) groups is 1. The third-order valence-corrected chi connectivity index (χ3v) is 10.4. The van der Waals surface area contributed by atoms with Gasteiger partial charge in [-0.1, -0.05) is 20.8 Å². The van der Waals surface area contributed by atoms with E-state index in [-0.39, 0.29) is 47.8 Å². The van der Waals surface area contributed by atoms with Crippen LogP contribution in [0.1, 0.15) is 59.8 Å². The molecule has 4 nitrogen and oxygen atoms in total. The summed E-state index contributed by atoms with van der Waals surface area (Å²) in [4.78, 5) is 13.9. The number of thioether (sulfide) groups is 1. The van der Waals surface area contributed by atoms with Crippen LogP contribution in [-0.4, -0.2) is 55.7 Å². The molecule has 8 atom stereocenters. The highest BCUT2D eigenvalue weighted by atomic mass is 32.2. The molecule has 180 valence electrons. The summed E-state index contributed by atoms with van der Waals surface area (Å²) in [6.07, 6.45) is -0.866. The average molecular weight is 467 g/mol. The van der Waals surface area contributed by atoms with Crippen LogP contribution in [0.4, 0.5) is 13.2 Å². The van der Waals surface area contributed by atoms with Gasteiger partial charge in [-0.05, 0) is 56.3 Å². The average Bonchev–Trinajstić information content (AvgIpc) is 3.11. The molecule has 3 fully saturated rings. The highest BCUT2D eigenvalue weighted by Crippen LogP contribution is 2.68. The first-order valence-corrected chi connectivity index (χ1v) is 12.2. The first kappa shape index (κ1) is 25.3. The van der Waals surface area contributed by atoms with E-state index in [9.17, 15) is 18.0 Å². The van der Waals surface area contributed by atoms with Crippen molar-refractivity contribution < 1.29 is 32.2 Å². The second-order valence-electron chi connectivity index (χ2n) is 10.3. The van der Waals surface area contributed by atoms with Crippen LogP contribution in [0.15, 0.2) is 0 Å². The smallest absolute Gasteiger partial charge is 0.381 e. The lowest BCUT2D eigenvalue weighted by Crippen LogP contribution is -2.63. The minimum absolute atomic E-state index is 0.0174. The molecule has 3 aliphatic carbocycles. The van der Waals surface area contributed by atoms with Gasteiger partial charge in [0, 0.05) is 25.6 Å². The minimum Gasteiger partial charge on any atom is -0.381 e. The van der Waals surface area contributed by atoms with E-state index in [0.29, 0.717) is 5.92 Å². The molecule has 8 heteroatoms. The van der Waals surface area contributed by atoms with Gasteiger partial charge in [0.05, 0.1) is 22.7 Å². The molecule has 3 aliphatic rings. The van der Waals surface area contributed by atoms with Gasteiger partial charge in [-0.25, -0.2) is 0 Å². The maximum atomic E-state index is 13.9. The van der Waals surface area contributed by atoms with E-state index < -0.39 is 22.8 Å². The van der Waals surface area contributed by atoms with E-state index in [2.05, 4.69) is 13.8 Å². The van der Waals surface area contributed by atoms with Gasteiger partial charge in [-0.15, -0.1) is 11.8 Å². The molecule has 31 heavy (non-hydrogen) atoms. The van der Waals surface area contributed by atoms with E-state index >= 15 is 0 Å². The van der Waals surface area contributed by atoms with Crippen molar-refractivity contribution in [2.75, 3.05) is 26.8 Å². The van der Waals surface area contributed by atoms with Gasteiger partial charge < -0.3 is 14.2 Å². The van der Waals surface area contributed by atoms with Crippen LogP contribution in [0, 0.1) is 28.6 Å². The predicted molar refractivity (Wildman–Crippen MR) is 115 cm³/mol. The molecule has 0 heterocycles. The first-order chi connectivity index (χ1) is 14.4. The number of methoxy groups -OCH3 is 2. The molecule has 0 radical (unpaired) electrons. The summed E-state index contributed by atoms with van der Waals surface area (Å²) in [6, 6.07) is 0. The van der Waals surface area contributed by atoms with Gasteiger partial charge in [0.15, 0.2) is 5.78 Å². The molecule has 0 saturated heterocycles. The van der Waals surface area contributed by atoms with E-state index in [4.69, 9.17) is 14.2 Å². The quantitative estimate of drug-likeness (QED) is 0.485. The predicted octanol–water partition coefficient (Wildman–Crippen LogP) is 5.49. The van der Waals surface area contributed by atoms with Crippen LogP contribution in [0.3, 0.4) is 0 Å². The van der Waals surface area contributed by atoms with Crippen LogP contribution in [-0.2, 0) is 19.0 Å². The van der Waals surface area contributed by atoms with Crippen LogP contribution >= 0.6 is 11.8 Å². The molecule has 0 aromatic heterocycles. The highest BCUT2D eigenvalue weighted by molar-refractivity contribution is 8.01. The Balaban J connectivity index is 2.13. The van der Waals surface area contributed by atoms with E-state index in [1.54, 1.807) is 14.0 Å². The largest absolute Gasteiger partial charge is 0.397 e. The second kappa shape index (κ2) is 8.80. The maximum absolute atomic E-state index is 13.9. The summed E-state index contributed by atoms with van der Waals surface area (Å²) < 4.78 is 55.7. The lowest BCUT2D eigenvalue weighted by Gasteiger charge is -2.62. The van der Waals surface area contributed by atoms with Crippen molar-refractivity contribution in [2.24, 2.45) is 28.6 Å². The van der Waals surface area contributed by atoms with Crippen molar-refractivity contribution in [2.45, 2.75) is 82.9 Å². The van der Waals surface area contributed by atoms with Crippen LogP contribution < -0.4 is 0 Å². The third-order valence-electron chi connectivity index (χ3n) is 8.95. The molecule has 0 spiro atoms. The Bertz CT molecular complexity index is 674. The number of hydrogen-bond donors (Lipinski definition) is 0. The van der Waals surface area contributed by atoms with Crippen molar-refractivity contribution in [3.8, 4) is 0 Å². The lowest BCUT2D eigenvalue weighted by atomic mass is 9.45. The van der Waals surface area contributed by atoms with Gasteiger partial charge >= 0.3 is 6.18 Å². The molecular formula is C23H37F3O4S. The van der Waals surface area contributed by atoms with Gasteiger partial charge in [0.25, 0.3) is 0 Å². The monoisotopic (exact) mass is 466 g/mol. The Morgan fingerprint density at radius 2 is 1.77 bits per heavy atom. The second-order valence-corrected chi connectivity index (χ2v) is 11.8. The molecule has 3 saturated carbocycles. The summed E-state index contributed by atoms with van der Waals surface area (Å²) in [7, 11) is 3.27. The van der Waals surface area contributed by atoms with Gasteiger partial charge in [0.2, 0.25) is 0 Å². The SMILES string of the molecule is COCOC1C[C@@](C)(SCC(F)(F)F)C(=O)[C@H](C)C23CC[C@@H](C)[C@]1(C)C2[C@H](OC)CC3. The van der Waals surface area contributed by atoms with Crippen LogP contribution in [0.5, 0.6) is 0 Å². The fraction of sp³-hybridized carbons (Fsp3) is 0.957. The molecule has 3 rings (SSSR count). The van der Waals surface area contributed by atoms with Crippen LogP contribution in [0.2, 0.25) is 0 Å². The summed E-state index contributed by atoms with van der Waals surface area (Å²) in [5.74, 6) is -1.03. The number of carbonyl (C=O) groups excluding carboxylic acids is 1. The summed E-state index contributed by atoms with van der Waals surface area (Å²) in [5.41, 5.74) is -0.600. The molecule has 2 bridgehead atoms. The van der Waals surface area contributed by atoms with E-state index in [1.165, 1.54) is 7.11 Å². The lowest BCUT2D eigenvalue weighted by molar-refractivity contribution is -0.211. The minimum atomic E-state index is -4.33. The van der Waals surface area contributed by atoms with Crippen molar-refractivity contribution in [1.29, 1.82) is 0 Å². The zero-order valence-electron chi connectivity index (χ0n) is 19.5. The molecule has 0 amide bonds. The molecule has 0 N–H and O–H groups in total. The Labute approximate surface area is 188 Å². The fourth-order valence-corrected chi connectivity index (χ4v) is 8.20. The summed E-state index contributed by atoms with van der Waals surface area (Å²) in [6.45, 7) is 8.12. The van der Waals surface area contributed by atoms with Gasteiger partial charge in [-0.2, -0.15) is 13.2 Å². The Kier molecular flexibility index (Phi) is 7.19. The molecule has 0 aromatic carbocycles. The van der Waals surface area contributed by atoms with Crippen molar-refractivity contribution in [3.63, 3.8) is 0 Å². The van der Waals surface area contributed by atoms with Crippen molar-refractivity contribution in [3.05, 3.63) is 0 Å². The number of Topliss-reactive ketones (excluding diaryl/α,β-unsaturated/α-hetero) is 1. The highest BCUT2D eigenvalue weighted by Gasteiger charge is 2.68. The topological polar surface area (TPSA) is 44.8 Å². The number of ketones is 1. The Morgan fingerprint density at radius 1 is 1.13 bits per heavy atom. The molecular weight excluding hydrogens is 429 g/mol. The summed E-state index contributed by atoms with van der Waals surface area (Å²) in [5, 5.41) is 0. The van der Waals surface area contributed by atoms with E-state index in [0.717, 1.165) is 37.4 Å². The Morgan fingerprint density at radius 3 is 2.35 bits per heavy atom. The number of halogens is 3. The first-order valence-electron chi connectivity index (χ1n) is 11.2. The number of rotatable bonds is 6. The normalized spacial score (nSPS) is 45.8. The van der Waals surface area contributed by atoms with Crippen molar-refractivity contribution in [1.82, 2.24) is 0 Å². The maximum Gasteiger partial charge on any atom is 0.397 e. The third kappa shape index (κ3) is 4.19. The number of alkyl halides is 3. The zero-order valence-corrected chi connectivity index (χ0v) is 20.3. The number of hydrogen-bond acceptors (Lipinski definition) is 5. The molecule has 0 aliphatic heterocycles. The van der Waals surface area contributed by atoms with E-state index in [1.807, 2.05) is 6.92 Å². The van der Waals surface area contributed by atoms with Gasteiger partial charge in [-0.3, -0.25) is 4.79 Å². The summed E-state index contributed by atoms with van der Waals surface area (Å²) >= 11 is 0.728. The Hall–Kier alpha value is -0.310.